The number of carbonyl (C=O) groups excluding carboxylic acids is 1. The van der Waals surface area contributed by atoms with Gasteiger partial charge in [0.25, 0.3) is 0 Å². The van der Waals surface area contributed by atoms with Gasteiger partial charge in [0.05, 0.1) is 6.42 Å². The summed E-state index contributed by atoms with van der Waals surface area (Å²) in [5, 5.41) is 13.2. The van der Waals surface area contributed by atoms with Crippen LogP contribution in [-0.4, -0.2) is 17.7 Å². The minimum absolute atomic E-state index is 0.0162. The Balaban J connectivity index is 1.49. The summed E-state index contributed by atoms with van der Waals surface area (Å²) in [6.07, 6.45) is 0.962. The van der Waals surface area contributed by atoms with Crippen LogP contribution in [0.15, 0.2) is 113 Å². The van der Waals surface area contributed by atoms with Crippen molar-refractivity contribution in [3.8, 4) is 5.75 Å². The quantitative estimate of drug-likeness (QED) is 0.283. The number of cyclic esters (lactones) is 1. The molecule has 0 saturated carbocycles. The third kappa shape index (κ3) is 4.64. The monoisotopic (exact) mass is 482 g/mol. The fourth-order valence-electron chi connectivity index (χ4n) is 4.42. The van der Waals surface area contributed by atoms with E-state index in [-0.39, 0.29) is 23.7 Å². The Morgan fingerprint density at radius 1 is 0.914 bits per heavy atom. The Bertz CT molecular complexity index is 1390. The van der Waals surface area contributed by atoms with Crippen LogP contribution in [0.25, 0.3) is 10.8 Å². The molecule has 5 heteroatoms. The number of benzene rings is 4. The smallest absolute Gasteiger partial charge is 0.349 e. The molecule has 0 aromatic heterocycles. The van der Waals surface area contributed by atoms with Crippen molar-refractivity contribution in [3.05, 3.63) is 119 Å². The lowest BCUT2D eigenvalue weighted by molar-refractivity contribution is -0.163. The zero-order valence-corrected chi connectivity index (χ0v) is 20.3. The van der Waals surface area contributed by atoms with Crippen LogP contribution in [-0.2, 0) is 21.6 Å². The molecule has 5 rings (SSSR count). The lowest BCUT2D eigenvalue weighted by Crippen LogP contribution is -2.42. The molecule has 0 radical (unpaired) electrons. The van der Waals surface area contributed by atoms with E-state index in [4.69, 9.17) is 9.47 Å². The van der Waals surface area contributed by atoms with Gasteiger partial charge in [0, 0.05) is 10.3 Å². The molecular weight excluding hydrogens is 456 g/mol. The van der Waals surface area contributed by atoms with E-state index in [1.807, 2.05) is 97.1 Å². The fraction of sp³-hybridized carbons (Fsp3) is 0.167. The molecule has 4 aromatic carbocycles. The second-order valence-corrected chi connectivity index (χ2v) is 9.58. The van der Waals surface area contributed by atoms with Crippen molar-refractivity contribution >= 4 is 28.5 Å². The average molecular weight is 483 g/mol. The minimum Gasteiger partial charge on any atom is -0.511 e. The predicted molar refractivity (Wildman–Crippen MR) is 140 cm³/mol. The second-order valence-electron chi connectivity index (χ2n) is 8.53. The highest BCUT2D eigenvalue weighted by atomic mass is 32.2. The van der Waals surface area contributed by atoms with Crippen molar-refractivity contribution in [2.75, 3.05) is 6.61 Å². The number of esters is 1. The van der Waals surface area contributed by atoms with Gasteiger partial charge in [-0.25, -0.2) is 4.79 Å². The first-order chi connectivity index (χ1) is 17.1. The Hall–Kier alpha value is -3.70. The van der Waals surface area contributed by atoms with E-state index in [1.54, 1.807) is 0 Å². The average Bonchev–Trinajstić information content (AvgIpc) is 2.90. The first kappa shape index (κ1) is 23.1. The van der Waals surface area contributed by atoms with Crippen LogP contribution in [0.5, 0.6) is 5.75 Å². The molecule has 1 aliphatic heterocycles. The topological polar surface area (TPSA) is 55.8 Å². The van der Waals surface area contributed by atoms with Crippen LogP contribution in [0.4, 0.5) is 0 Å². The molecule has 35 heavy (non-hydrogen) atoms. The van der Waals surface area contributed by atoms with Gasteiger partial charge in [0.2, 0.25) is 0 Å². The number of hydrogen-bond acceptors (Lipinski definition) is 5. The van der Waals surface area contributed by atoms with Crippen molar-refractivity contribution in [1.29, 1.82) is 0 Å². The molecule has 0 spiro atoms. The maximum Gasteiger partial charge on any atom is 0.349 e. The van der Waals surface area contributed by atoms with Crippen LogP contribution in [0.2, 0.25) is 0 Å². The van der Waals surface area contributed by atoms with Gasteiger partial charge in [0.15, 0.2) is 5.60 Å². The van der Waals surface area contributed by atoms with Crippen LogP contribution < -0.4 is 4.74 Å². The highest BCUT2D eigenvalue weighted by Gasteiger charge is 2.45. The summed E-state index contributed by atoms with van der Waals surface area (Å²) in [5.74, 6) is 0.174. The first-order valence-electron chi connectivity index (χ1n) is 11.7. The molecule has 4 nitrogen and oxygen atoms in total. The molecule has 1 atom stereocenters. The highest BCUT2D eigenvalue weighted by molar-refractivity contribution is 8.04. The number of aliphatic hydroxyl groups excluding tert-OH is 1. The summed E-state index contributed by atoms with van der Waals surface area (Å²) >= 11 is 1.26. The minimum atomic E-state index is -1.15. The molecule has 0 saturated heterocycles. The third-order valence-corrected chi connectivity index (χ3v) is 7.49. The van der Waals surface area contributed by atoms with E-state index in [2.05, 4.69) is 6.92 Å². The zero-order valence-electron chi connectivity index (χ0n) is 19.4. The first-order valence-corrected chi connectivity index (χ1v) is 12.5. The largest absolute Gasteiger partial charge is 0.511 e. The highest BCUT2D eigenvalue weighted by Crippen LogP contribution is 2.43. The predicted octanol–water partition coefficient (Wildman–Crippen LogP) is 7.19. The van der Waals surface area contributed by atoms with E-state index < -0.39 is 11.6 Å². The van der Waals surface area contributed by atoms with Crippen LogP contribution in [0.3, 0.4) is 0 Å². The number of ether oxygens (including phenoxy) is 2. The van der Waals surface area contributed by atoms with Gasteiger partial charge in [-0.3, -0.25) is 0 Å². The molecule has 4 aromatic rings. The van der Waals surface area contributed by atoms with E-state index in [0.717, 1.165) is 33.2 Å². The van der Waals surface area contributed by atoms with Gasteiger partial charge in [0.1, 0.15) is 23.0 Å². The van der Waals surface area contributed by atoms with Crippen LogP contribution >= 0.6 is 11.8 Å². The molecule has 1 heterocycles. The molecule has 1 aliphatic rings. The SMILES string of the molecule is CCc1ccccc1SC1=C(O)CC(COc2cccc3ccccc23)(c2ccccc2)OC1=O. The number of fused-ring (bicyclic) bond motifs is 1. The van der Waals surface area contributed by atoms with Gasteiger partial charge in [-0.05, 0) is 35.1 Å². The lowest BCUT2D eigenvalue weighted by Gasteiger charge is -2.37. The summed E-state index contributed by atoms with van der Waals surface area (Å²) in [6, 6.07) is 31.3. The molecule has 1 unspecified atom stereocenters. The number of thioether (sulfide) groups is 1. The van der Waals surface area contributed by atoms with Gasteiger partial charge in [-0.2, -0.15) is 0 Å². The normalized spacial score (nSPS) is 17.9. The number of rotatable bonds is 7. The Morgan fingerprint density at radius 3 is 2.43 bits per heavy atom. The maximum absolute atomic E-state index is 13.3. The van der Waals surface area contributed by atoms with E-state index in [0.29, 0.717) is 5.75 Å². The number of aryl methyl sites for hydroxylation is 1. The molecule has 0 aliphatic carbocycles. The standard InChI is InChI=1S/C30H26O4S/c1-2-21-11-7-9-18-27(21)35-28-25(31)19-30(34-29(28)32,23-14-4-3-5-15-23)20-33-26-17-10-13-22-12-6-8-16-24(22)26/h3-18,31H,2,19-20H2,1H3. The van der Waals surface area contributed by atoms with E-state index in [9.17, 15) is 9.90 Å². The summed E-state index contributed by atoms with van der Waals surface area (Å²) in [5.41, 5.74) is 0.746. The Morgan fingerprint density at radius 2 is 1.63 bits per heavy atom. The van der Waals surface area contributed by atoms with E-state index >= 15 is 0 Å². The van der Waals surface area contributed by atoms with Crippen molar-refractivity contribution in [2.24, 2.45) is 0 Å². The van der Waals surface area contributed by atoms with E-state index in [1.165, 1.54) is 11.8 Å². The lowest BCUT2D eigenvalue weighted by atomic mass is 9.88. The maximum atomic E-state index is 13.3. The van der Waals surface area contributed by atoms with Crippen LogP contribution in [0, 0.1) is 0 Å². The molecule has 0 bridgehead atoms. The molecular formula is C30H26O4S. The van der Waals surface area contributed by atoms with Crippen LogP contribution in [0.1, 0.15) is 24.5 Å². The van der Waals surface area contributed by atoms with Crippen molar-refractivity contribution in [1.82, 2.24) is 0 Å². The number of carbonyl (C=O) groups is 1. The molecule has 0 fully saturated rings. The molecule has 1 N–H and O–H groups in total. The van der Waals surface area contributed by atoms with Crippen molar-refractivity contribution < 1.29 is 19.4 Å². The number of hydrogen-bond donors (Lipinski definition) is 1. The Labute approximate surface area is 209 Å². The van der Waals surface area contributed by atoms with Crippen molar-refractivity contribution in [3.63, 3.8) is 0 Å². The van der Waals surface area contributed by atoms with Gasteiger partial charge in [-0.15, -0.1) is 0 Å². The molecule has 0 amide bonds. The van der Waals surface area contributed by atoms with Gasteiger partial charge >= 0.3 is 5.97 Å². The van der Waals surface area contributed by atoms with Crippen molar-refractivity contribution in [2.45, 2.75) is 30.3 Å². The number of aliphatic hydroxyl groups is 1. The summed E-state index contributed by atoms with van der Waals surface area (Å²) in [6.45, 7) is 2.14. The Kier molecular flexibility index (Phi) is 6.51. The second kappa shape index (κ2) is 9.88. The fourth-order valence-corrected chi connectivity index (χ4v) is 5.44. The summed E-state index contributed by atoms with van der Waals surface area (Å²) in [7, 11) is 0. The van der Waals surface area contributed by atoms with Gasteiger partial charge < -0.3 is 14.6 Å². The third-order valence-electron chi connectivity index (χ3n) is 6.26. The zero-order chi connectivity index (χ0) is 24.3. The summed E-state index contributed by atoms with van der Waals surface area (Å²) < 4.78 is 12.4. The molecule has 176 valence electrons. The van der Waals surface area contributed by atoms with Gasteiger partial charge in [-0.1, -0.05) is 104 Å². The summed E-state index contributed by atoms with van der Waals surface area (Å²) in [4.78, 5) is 14.5.